The number of H-pyrrole nitrogens is 1. The Hall–Kier alpha value is -5.78. The first-order chi connectivity index (χ1) is 24.5. The largest absolute Gasteiger partial charge is 0.489 e. The van der Waals surface area contributed by atoms with Gasteiger partial charge in [-0.3, -0.25) is 19.8 Å². The number of imide groups is 1. The number of imidazole rings is 1. The summed E-state index contributed by atoms with van der Waals surface area (Å²) >= 11 is 0. The van der Waals surface area contributed by atoms with E-state index in [-0.39, 0.29) is 19.6 Å². The maximum Gasteiger partial charge on any atom is 0.408 e. The lowest BCUT2D eigenvalue weighted by molar-refractivity contribution is -0.132. The number of aromatic amines is 1. The molecule has 0 spiro atoms. The lowest BCUT2D eigenvalue weighted by Crippen LogP contribution is -2.51. The van der Waals surface area contributed by atoms with Gasteiger partial charge in [-0.25, -0.2) is 9.78 Å². The van der Waals surface area contributed by atoms with E-state index in [0.717, 1.165) is 28.0 Å². The number of amides is 3. The van der Waals surface area contributed by atoms with E-state index in [1.54, 1.807) is 6.20 Å². The van der Waals surface area contributed by atoms with Gasteiger partial charge in [-0.1, -0.05) is 103 Å². The SMILES string of the molecule is O=C(CN(CCOCc1ccccc1)Cc1ccc(OCc2ccccc2)cc1)NC(=O)[C@@H](Cc1c[nH]cn1)NC(=O)OCc1ccccc1. The van der Waals surface area contributed by atoms with Crippen LogP contribution < -0.4 is 15.4 Å². The lowest BCUT2D eigenvalue weighted by atomic mass is 10.1. The van der Waals surface area contributed by atoms with Crippen molar-refractivity contribution in [3.8, 4) is 5.75 Å². The Bertz CT molecular complexity index is 1740. The van der Waals surface area contributed by atoms with Crippen LogP contribution in [0.3, 0.4) is 0 Å². The molecular weight excluding hydrogens is 634 g/mol. The second kappa shape index (κ2) is 19.3. The predicted octanol–water partition coefficient (Wildman–Crippen LogP) is 5.19. The molecule has 1 heterocycles. The molecule has 258 valence electrons. The average molecular weight is 676 g/mol. The van der Waals surface area contributed by atoms with Crippen molar-refractivity contribution >= 4 is 17.9 Å². The van der Waals surface area contributed by atoms with Crippen LogP contribution >= 0.6 is 0 Å². The number of hydrogen-bond donors (Lipinski definition) is 3. The van der Waals surface area contributed by atoms with Gasteiger partial charge in [0.1, 0.15) is 25.0 Å². The van der Waals surface area contributed by atoms with E-state index in [4.69, 9.17) is 14.2 Å². The van der Waals surface area contributed by atoms with E-state index in [0.29, 0.717) is 38.6 Å². The minimum absolute atomic E-state index is 0.0315. The summed E-state index contributed by atoms with van der Waals surface area (Å²) in [6.07, 6.45) is 2.36. The molecule has 0 aliphatic carbocycles. The Labute approximate surface area is 291 Å². The van der Waals surface area contributed by atoms with Gasteiger partial charge in [-0.05, 0) is 34.4 Å². The quantitative estimate of drug-likeness (QED) is 0.108. The van der Waals surface area contributed by atoms with Crippen LogP contribution in [0.15, 0.2) is 128 Å². The first kappa shape index (κ1) is 35.5. The fourth-order valence-corrected chi connectivity index (χ4v) is 5.06. The first-order valence-corrected chi connectivity index (χ1v) is 16.4. The highest BCUT2D eigenvalue weighted by molar-refractivity contribution is 5.99. The third-order valence-corrected chi connectivity index (χ3v) is 7.66. The molecule has 0 unspecified atom stereocenters. The number of aromatic nitrogens is 2. The molecule has 11 heteroatoms. The smallest absolute Gasteiger partial charge is 0.408 e. The summed E-state index contributed by atoms with van der Waals surface area (Å²) in [7, 11) is 0. The summed E-state index contributed by atoms with van der Waals surface area (Å²) in [4.78, 5) is 48.2. The Morgan fingerprint density at radius 1 is 0.740 bits per heavy atom. The van der Waals surface area contributed by atoms with Crippen molar-refractivity contribution in [1.29, 1.82) is 0 Å². The number of carbonyl (C=O) groups excluding carboxylic acids is 3. The van der Waals surface area contributed by atoms with Gasteiger partial charge >= 0.3 is 6.09 Å². The van der Waals surface area contributed by atoms with Gasteiger partial charge in [0.2, 0.25) is 11.8 Å². The minimum Gasteiger partial charge on any atom is -0.489 e. The summed E-state index contributed by atoms with van der Waals surface area (Å²) in [6.45, 7) is 2.07. The zero-order valence-electron chi connectivity index (χ0n) is 27.7. The van der Waals surface area contributed by atoms with E-state index in [1.165, 1.54) is 6.33 Å². The van der Waals surface area contributed by atoms with Gasteiger partial charge in [0.15, 0.2) is 0 Å². The van der Waals surface area contributed by atoms with Crippen LogP contribution in [-0.4, -0.2) is 58.5 Å². The molecular formula is C39H41N5O6. The number of nitrogens with zero attached hydrogens (tertiary/aromatic N) is 2. The second-order valence-corrected chi connectivity index (χ2v) is 11.6. The fraction of sp³-hybridized carbons (Fsp3) is 0.231. The van der Waals surface area contributed by atoms with Crippen LogP contribution in [0.4, 0.5) is 4.79 Å². The van der Waals surface area contributed by atoms with Gasteiger partial charge in [-0.2, -0.15) is 0 Å². The summed E-state index contributed by atoms with van der Waals surface area (Å²) in [5, 5.41) is 5.04. The third-order valence-electron chi connectivity index (χ3n) is 7.66. The van der Waals surface area contributed by atoms with Crippen molar-refractivity contribution in [2.24, 2.45) is 0 Å². The normalized spacial score (nSPS) is 11.5. The topological polar surface area (TPSA) is 135 Å². The Kier molecular flexibility index (Phi) is 13.7. The van der Waals surface area contributed by atoms with Crippen molar-refractivity contribution in [2.45, 2.75) is 38.8 Å². The monoisotopic (exact) mass is 675 g/mol. The highest BCUT2D eigenvalue weighted by atomic mass is 16.5. The van der Waals surface area contributed by atoms with Crippen LogP contribution in [0.1, 0.15) is 27.9 Å². The number of ether oxygens (including phenoxy) is 3. The standard InChI is InChI=1S/C39H41N5O6/c45-37(43-38(46)36(22-34-23-40-29-41-34)42-39(47)50-28-33-14-8-3-9-15-33)25-44(20-21-48-26-31-10-4-1-5-11-31)24-30-16-18-35(19-17-30)49-27-32-12-6-2-7-13-32/h1-19,23,29,36H,20-22,24-28H2,(H,40,41)(H,42,47)(H,43,45,46)/t36-/m1/s1. The van der Waals surface area contributed by atoms with E-state index < -0.39 is 23.9 Å². The molecule has 5 rings (SSSR count). The molecule has 0 radical (unpaired) electrons. The van der Waals surface area contributed by atoms with Crippen molar-refractivity contribution in [3.63, 3.8) is 0 Å². The molecule has 3 N–H and O–H groups in total. The summed E-state index contributed by atoms with van der Waals surface area (Å²) in [5.74, 6) is -0.460. The van der Waals surface area contributed by atoms with Crippen molar-refractivity contribution < 1.29 is 28.6 Å². The van der Waals surface area contributed by atoms with Gasteiger partial charge in [-0.15, -0.1) is 0 Å². The Morgan fingerprint density at radius 3 is 1.98 bits per heavy atom. The summed E-state index contributed by atoms with van der Waals surface area (Å²) in [5.41, 5.74) is 4.41. The predicted molar refractivity (Wildman–Crippen MR) is 188 cm³/mol. The van der Waals surface area contributed by atoms with E-state index in [1.807, 2.05) is 120 Å². The number of nitrogens with one attached hydrogen (secondary N) is 3. The van der Waals surface area contributed by atoms with Crippen molar-refractivity contribution in [1.82, 2.24) is 25.5 Å². The number of benzene rings is 4. The summed E-state index contributed by atoms with van der Waals surface area (Å²) < 4.78 is 17.2. The van der Waals surface area contributed by atoms with Crippen molar-refractivity contribution in [2.75, 3.05) is 19.7 Å². The maximum absolute atomic E-state index is 13.4. The zero-order chi connectivity index (χ0) is 34.8. The van der Waals surface area contributed by atoms with Gasteiger partial charge < -0.3 is 24.5 Å². The molecule has 0 fully saturated rings. The third kappa shape index (κ3) is 12.3. The molecule has 0 bridgehead atoms. The molecule has 3 amide bonds. The van der Waals surface area contributed by atoms with E-state index in [2.05, 4.69) is 20.6 Å². The van der Waals surface area contributed by atoms with E-state index >= 15 is 0 Å². The van der Waals surface area contributed by atoms with Gasteiger partial charge in [0.05, 0.1) is 31.8 Å². The molecule has 1 atom stereocenters. The minimum atomic E-state index is -1.10. The van der Waals surface area contributed by atoms with Crippen molar-refractivity contribution in [3.05, 3.63) is 156 Å². The molecule has 0 aliphatic rings. The van der Waals surface area contributed by atoms with Crippen LogP contribution in [0.5, 0.6) is 5.75 Å². The molecule has 11 nitrogen and oxygen atoms in total. The Balaban J connectivity index is 1.18. The maximum atomic E-state index is 13.4. The number of rotatable bonds is 18. The molecule has 50 heavy (non-hydrogen) atoms. The number of hydrogen-bond acceptors (Lipinski definition) is 8. The molecule has 0 aliphatic heterocycles. The number of alkyl carbamates (subject to hydrolysis) is 1. The molecule has 4 aromatic carbocycles. The second-order valence-electron chi connectivity index (χ2n) is 11.6. The van der Waals surface area contributed by atoms with Crippen LogP contribution in [-0.2, 0) is 51.8 Å². The highest BCUT2D eigenvalue weighted by Crippen LogP contribution is 2.16. The zero-order valence-corrected chi connectivity index (χ0v) is 27.7. The van der Waals surface area contributed by atoms with Crippen LogP contribution in [0.25, 0.3) is 0 Å². The molecule has 1 aromatic heterocycles. The average Bonchev–Trinajstić information content (AvgIpc) is 3.66. The van der Waals surface area contributed by atoms with Gasteiger partial charge in [0, 0.05) is 25.7 Å². The van der Waals surface area contributed by atoms with Crippen LogP contribution in [0.2, 0.25) is 0 Å². The molecule has 5 aromatic rings. The molecule has 0 saturated heterocycles. The van der Waals surface area contributed by atoms with Crippen LogP contribution in [0, 0.1) is 0 Å². The highest BCUT2D eigenvalue weighted by Gasteiger charge is 2.25. The van der Waals surface area contributed by atoms with E-state index in [9.17, 15) is 14.4 Å². The first-order valence-electron chi connectivity index (χ1n) is 16.4. The summed E-state index contributed by atoms with van der Waals surface area (Å²) in [6, 6.07) is 35.6. The Morgan fingerprint density at radius 2 is 1.36 bits per heavy atom. The lowest BCUT2D eigenvalue weighted by Gasteiger charge is -2.23. The number of carbonyl (C=O) groups is 3. The van der Waals surface area contributed by atoms with Gasteiger partial charge in [0.25, 0.3) is 0 Å². The fourth-order valence-electron chi connectivity index (χ4n) is 5.06. The molecule has 0 saturated carbocycles.